The maximum Gasteiger partial charge on any atom is 0.222 e. The summed E-state index contributed by atoms with van der Waals surface area (Å²) < 4.78 is 0. The van der Waals surface area contributed by atoms with Crippen LogP contribution in [0.3, 0.4) is 0 Å². The van der Waals surface area contributed by atoms with Crippen molar-refractivity contribution >= 4 is 5.91 Å². The summed E-state index contributed by atoms with van der Waals surface area (Å²) >= 11 is 0. The van der Waals surface area contributed by atoms with Crippen molar-refractivity contribution in [3.8, 4) is 0 Å². The minimum atomic E-state index is 0.230. The van der Waals surface area contributed by atoms with Crippen LogP contribution in [0.15, 0.2) is 24.3 Å². The largest absolute Gasteiger partial charge is 0.396 e. The van der Waals surface area contributed by atoms with Crippen LogP contribution in [-0.2, 0) is 11.2 Å². The molecule has 22 heavy (non-hydrogen) atoms. The second kappa shape index (κ2) is 7.25. The highest BCUT2D eigenvalue weighted by molar-refractivity contribution is 5.78. The van der Waals surface area contributed by atoms with Crippen LogP contribution < -0.4 is 0 Å². The number of amides is 1. The lowest BCUT2D eigenvalue weighted by atomic mass is 10.1. The van der Waals surface area contributed by atoms with E-state index in [0.29, 0.717) is 18.4 Å². The van der Waals surface area contributed by atoms with E-state index in [1.807, 2.05) is 4.90 Å². The molecule has 1 aromatic carbocycles. The molecule has 1 amide bonds. The van der Waals surface area contributed by atoms with E-state index in [9.17, 15) is 9.90 Å². The zero-order chi connectivity index (χ0) is 15.4. The van der Waals surface area contributed by atoms with E-state index in [1.54, 1.807) is 0 Å². The van der Waals surface area contributed by atoms with Gasteiger partial charge in [0.05, 0.1) is 0 Å². The van der Waals surface area contributed by atoms with Crippen LogP contribution in [0.25, 0.3) is 0 Å². The monoisotopic (exact) mass is 302 g/mol. The molecule has 1 atom stereocenters. The smallest absolute Gasteiger partial charge is 0.222 e. The van der Waals surface area contributed by atoms with Crippen molar-refractivity contribution in [1.82, 2.24) is 9.80 Å². The topological polar surface area (TPSA) is 43.8 Å². The molecule has 1 aromatic rings. The molecule has 0 saturated carbocycles. The number of benzene rings is 1. The van der Waals surface area contributed by atoms with Crippen molar-refractivity contribution in [1.29, 1.82) is 0 Å². The molecule has 1 N–H and O–H groups in total. The average molecular weight is 302 g/mol. The van der Waals surface area contributed by atoms with E-state index in [4.69, 9.17) is 0 Å². The van der Waals surface area contributed by atoms with Gasteiger partial charge in [-0.05, 0) is 36.8 Å². The van der Waals surface area contributed by atoms with Gasteiger partial charge in [-0.3, -0.25) is 9.69 Å². The van der Waals surface area contributed by atoms with Gasteiger partial charge in [0, 0.05) is 45.2 Å². The maximum atomic E-state index is 11.8. The van der Waals surface area contributed by atoms with E-state index in [1.165, 1.54) is 11.1 Å². The van der Waals surface area contributed by atoms with Gasteiger partial charge in [-0.2, -0.15) is 0 Å². The van der Waals surface area contributed by atoms with Crippen LogP contribution in [0.5, 0.6) is 0 Å². The molecular formula is C18H26N2O2. The van der Waals surface area contributed by atoms with Gasteiger partial charge in [-0.15, -0.1) is 0 Å². The highest BCUT2D eigenvalue weighted by Gasteiger charge is 2.28. The Balaban J connectivity index is 1.66. The quantitative estimate of drug-likeness (QED) is 0.837. The average Bonchev–Trinajstić information content (AvgIpc) is 3.14. The van der Waals surface area contributed by atoms with Crippen LogP contribution in [0, 0.1) is 0 Å². The van der Waals surface area contributed by atoms with Gasteiger partial charge in [0.1, 0.15) is 0 Å². The summed E-state index contributed by atoms with van der Waals surface area (Å²) in [5.74, 6) is 0.300. The molecule has 1 fully saturated rings. The Bertz CT molecular complexity index is 518. The fourth-order valence-electron chi connectivity index (χ4n) is 3.80. The van der Waals surface area contributed by atoms with E-state index in [0.717, 1.165) is 51.9 Å². The number of hydrogen-bond acceptors (Lipinski definition) is 3. The molecule has 0 bridgehead atoms. The lowest BCUT2D eigenvalue weighted by Gasteiger charge is -2.31. The van der Waals surface area contributed by atoms with E-state index in [-0.39, 0.29) is 6.61 Å². The Morgan fingerprint density at radius 1 is 1.23 bits per heavy atom. The summed E-state index contributed by atoms with van der Waals surface area (Å²) in [6.07, 6.45) is 4.80. The molecule has 2 aliphatic rings. The number of nitrogens with zero attached hydrogens (tertiary/aromatic N) is 2. The fourth-order valence-corrected chi connectivity index (χ4v) is 3.80. The summed E-state index contributed by atoms with van der Waals surface area (Å²) in [7, 11) is 0. The normalized spacial score (nSPS) is 20.9. The van der Waals surface area contributed by atoms with Crippen LogP contribution in [0.2, 0.25) is 0 Å². The Hall–Kier alpha value is -1.39. The van der Waals surface area contributed by atoms with E-state index >= 15 is 0 Å². The minimum Gasteiger partial charge on any atom is -0.396 e. The second-order valence-electron chi connectivity index (χ2n) is 6.35. The molecule has 1 unspecified atom stereocenters. The zero-order valence-corrected chi connectivity index (χ0v) is 13.2. The molecule has 0 aromatic heterocycles. The number of aliphatic hydroxyl groups excluding tert-OH is 1. The third kappa shape index (κ3) is 3.33. The second-order valence-corrected chi connectivity index (χ2v) is 6.35. The number of fused-ring (bicyclic) bond motifs is 1. The predicted molar refractivity (Wildman–Crippen MR) is 86.6 cm³/mol. The number of likely N-dealkylation sites (tertiary alicyclic amines) is 1. The fraction of sp³-hybridized carbons (Fsp3) is 0.611. The number of hydrogen-bond donors (Lipinski definition) is 1. The summed E-state index contributed by atoms with van der Waals surface area (Å²) in [4.78, 5) is 16.2. The highest BCUT2D eigenvalue weighted by atomic mass is 16.3. The standard InChI is InChI=1S/C18H26N2O2/c21-14-4-11-19(12-13-20-10-3-7-18(20)22)17-9-8-15-5-1-2-6-16(15)17/h1-2,5-6,17,21H,3-4,7-14H2. The Morgan fingerprint density at radius 2 is 2.09 bits per heavy atom. The van der Waals surface area contributed by atoms with Gasteiger partial charge >= 0.3 is 0 Å². The van der Waals surface area contributed by atoms with Crippen LogP contribution in [-0.4, -0.2) is 53.6 Å². The Labute approximate surface area is 132 Å². The Morgan fingerprint density at radius 3 is 2.86 bits per heavy atom. The summed E-state index contributed by atoms with van der Waals surface area (Å²) in [6, 6.07) is 9.14. The maximum absolute atomic E-state index is 11.8. The number of carbonyl (C=O) groups excluding carboxylic acids is 1. The number of carbonyl (C=O) groups is 1. The van der Waals surface area contributed by atoms with Crippen molar-refractivity contribution in [2.24, 2.45) is 0 Å². The molecule has 3 rings (SSSR count). The Kier molecular flexibility index (Phi) is 5.11. The van der Waals surface area contributed by atoms with E-state index in [2.05, 4.69) is 29.2 Å². The molecule has 1 heterocycles. The van der Waals surface area contributed by atoms with Gasteiger partial charge in [0.25, 0.3) is 0 Å². The first-order valence-corrected chi connectivity index (χ1v) is 8.50. The molecule has 1 aliphatic carbocycles. The van der Waals surface area contributed by atoms with E-state index < -0.39 is 0 Å². The van der Waals surface area contributed by atoms with Crippen molar-refractivity contribution in [3.63, 3.8) is 0 Å². The molecular weight excluding hydrogens is 276 g/mol. The summed E-state index contributed by atoms with van der Waals surface area (Å²) in [6.45, 7) is 3.77. The highest BCUT2D eigenvalue weighted by Crippen LogP contribution is 2.35. The SMILES string of the molecule is O=C1CCCN1CCN(CCCO)C1CCc2ccccc21. The van der Waals surface area contributed by atoms with Gasteiger partial charge < -0.3 is 10.0 Å². The molecule has 4 heteroatoms. The third-order valence-electron chi connectivity index (χ3n) is 4.97. The summed E-state index contributed by atoms with van der Waals surface area (Å²) in [5, 5.41) is 9.18. The van der Waals surface area contributed by atoms with Crippen molar-refractivity contribution in [2.45, 2.75) is 38.1 Å². The zero-order valence-electron chi connectivity index (χ0n) is 13.2. The van der Waals surface area contributed by atoms with Crippen LogP contribution >= 0.6 is 0 Å². The lowest BCUT2D eigenvalue weighted by molar-refractivity contribution is -0.127. The number of rotatable bonds is 7. The first-order chi connectivity index (χ1) is 10.8. The molecule has 0 spiro atoms. The van der Waals surface area contributed by atoms with Crippen molar-refractivity contribution in [3.05, 3.63) is 35.4 Å². The van der Waals surface area contributed by atoms with Crippen LogP contribution in [0.4, 0.5) is 0 Å². The van der Waals surface area contributed by atoms with Gasteiger partial charge in [-0.1, -0.05) is 24.3 Å². The van der Waals surface area contributed by atoms with Gasteiger partial charge in [0.2, 0.25) is 5.91 Å². The minimum absolute atomic E-state index is 0.230. The summed E-state index contributed by atoms with van der Waals surface area (Å²) in [5.41, 5.74) is 2.90. The number of aryl methyl sites for hydroxylation is 1. The van der Waals surface area contributed by atoms with Gasteiger partial charge in [0.15, 0.2) is 0 Å². The molecule has 120 valence electrons. The van der Waals surface area contributed by atoms with Crippen molar-refractivity contribution in [2.75, 3.05) is 32.8 Å². The predicted octanol–water partition coefficient (Wildman–Crippen LogP) is 1.98. The third-order valence-corrected chi connectivity index (χ3v) is 4.97. The lowest BCUT2D eigenvalue weighted by Crippen LogP contribution is -2.38. The number of aliphatic hydroxyl groups is 1. The van der Waals surface area contributed by atoms with Crippen molar-refractivity contribution < 1.29 is 9.90 Å². The van der Waals surface area contributed by atoms with Gasteiger partial charge in [-0.25, -0.2) is 0 Å². The first-order valence-electron chi connectivity index (χ1n) is 8.50. The first kappa shape index (κ1) is 15.5. The molecule has 4 nitrogen and oxygen atoms in total. The van der Waals surface area contributed by atoms with Crippen LogP contribution in [0.1, 0.15) is 42.9 Å². The molecule has 0 radical (unpaired) electrons. The molecule has 1 aliphatic heterocycles. The molecule has 1 saturated heterocycles.